The minimum absolute atomic E-state index is 0. The van der Waals surface area contributed by atoms with E-state index in [9.17, 15) is 10.2 Å². The van der Waals surface area contributed by atoms with E-state index in [2.05, 4.69) is 19.2 Å². The van der Waals surface area contributed by atoms with Gasteiger partial charge in [-0.2, -0.15) is 0 Å². The Morgan fingerprint density at radius 3 is 1.09 bits per heavy atom. The molecule has 7 heteroatoms. The van der Waals surface area contributed by atoms with Crippen LogP contribution in [0.3, 0.4) is 0 Å². The molecule has 1 atom stereocenters. The smallest absolute Gasteiger partial charge is 0.141 e. The fourth-order valence-electron chi connectivity index (χ4n) is 2.18. The van der Waals surface area contributed by atoms with Crippen LogP contribution in [-0.2, 0) is 33.6 Å². The van der Waals surface area contributed by atoms with Crippen molar-refractivity contribution in [3.05, 3.63) is 73.1 Å². The van der Waals surface area contributed by atoms with E-state index in [1.807, 2.05) is 84.6 Å². The third kappa shape index (κ3) is 13.0. The van der Waals surface area contributed by atoms with Gasteiger partial charge in [-0.1, -0.05) is 84.6 Å². The Balaban J connectivity index is -0.000000179. The summed E-state index contributed by atoms with van der Waals surface area (Å²) >= 11 is 0. The summed E-state index contributed by atoms with van der Waals surface area (Å²) in [5, 5.41) is 20.5. The van der Waals surface area contributed by atoms with E-state index in [0.29, 0.717) is 11.0 Å². The number of phenolic OH excluding ortho intramolecular Hbond substituents is 2. The molecular formula is C25H37Co2N2O2P. The van der Waals surface area contributed by atoms with Gasteiger partial charge in [0.25, 0.3) is 0 Å². The van der Waals surface area contributed by atoms with Crippen LogP contribution in [0.25, 0.3) is 21.8 Å². The van der Waals surface area contributed by atoms with Crippen LogP contribution in [0.1, 0.15) is 41.5 Å². The van der Waals surface area contributed by atoms with E-state index >= 15 is 0 Å². The van der Waals surface area contributed by atoms with Crippen molar-refractivity contribution in [3.8, 4) is 11.5 Å². The van der Waals surface area contributed by atoms with Gasteiger partial charge < -0.3 is 10.2 Å². The van der Waals surface area contributed by atoms with E-state index in [0.717, 1.165) is 10.8 Å². The van der Waals surface area contributed by atoms with Crippen LogP contribution < -0.4 is 0 Å². The van der Waals surface area contributed by atoms with Crippen LogP contribution in [0.4, 0.5) is 0 Å². The van der Waals surface area contributed by atoms with Crippen LogP contribution in [-0.4, -0.2) is 26.8 Å². The maximum Gasteiger partial charge on any atom is 0.141 e. The molecule has 4 aromatic rings. The minimum atomic E-state index is 0. The molecule has 4 nitrogen and oxygen atoms in total. The summed E-state index contributed by atoms with van der Waals surface area (Å²) in [5.41, 5.74) is 1.32. The Bertz CT molecular complexity index is 854. The number of fused-ring (bicyclic) bond motifs is 2. The number of rotatable bonds is 0. The second-order valence-electron chi connectivity index (χ2n) is 4.70. The molecule has 2 aromatic heterocycles. The third-order valence-electron chi connectivity index (χ3n) is 3.22. The number of nitrogens with zero attached hydrogens (tertiary/aromatic N) is 2. The van der Waals surface area contributed by atoms with E-state index in [1.165, 1.54) is 0 Å². The normalized spacial score (nSPS) is 7.75. The topological polar surface area (TPSA) is 66.2 Å². The van der Waals surface area contributed by atoms with Crippen LogP contribution in [0.5, 0.6) is 11.5 Å². The van der Waals surface area contributed by atoms with E-state index in [-0.39, 0.29) is 45.1 Å². The Labute approximate surface area is 216 Å². The molecule has 0 fully saturated rings. The monoisotopic (exact) mass is 546 g/mol. The van der Waals surface area contributed by atoms with Gasteiger partial charge in [-0.25, -0.2) is 0 Å². The number of para-hydroxylation sites is 2. The van der Waals surface area contributed by atoms with Gasteiger partial charge in [-0.15, -0.1) is 9.24 Å². The second kappa shape index (κ2) is 25.6. The SMILES string of the molecule is CC.CC.CC.CP.Oc1cccc2cccnc12.Oc1cccc2cccnc12.[Co].[Co]. The molecule has 2 heterocycles. The number of phenols is 2. The van der Waals surface area contributed by atoms with Gasteiger partial charge in [0.15, 0.2) is 0 Å². The molecule has 32 heavy (non-hydrogen) atoms. The van der Waals surface area contributed by atoms with Crippen LogP contribution >= 0.6 is 9.24 Å². The molecule has 182 valence electrons. The molecule has 0 spiro atoms. The number of benzene rings is 2. The van der Waals surface area contributed by atoms with Crippen molar-refractivity contribution in [1.29, 1.82) is 0 Å². The standard InChI is InChI=1S/2C9H7NO.3C2H6.CH5P.2Co/c2*11-8-5-1-3-7-4-2-6-10-9(7)8;4*1-2;;/h2*1-6,11H;3*1-2H3;2H2,1H3;;. The maximum atomic E-state index is 9.31. The average Bonchev–Trinajstić information content (AvgIpc) is 2.85. The molecule has 0 aliphatic heterocycles. The zero-order valence-electron chi connectivity index (χ0n) is 20.0. The molecule has 1 unspecified atom stereocenters. The first-order valence-electron chi connectivity index (χ1n) is 10.4. The van der Waals surface area contributed by atoms with E-state index < -0.39 is 0 Å². The van der Waals surface area contributed by atoms with Crippen molar-refractivity contribution in [2.45, 2.75) is 41.5 Å². The fourth-order valence-corrected chi connectivity index (χ4v) is 2.18. The van der Waals surface area contributed by atoms with Gasteiger partial charge in [0.2, 0.25) is 0 Å². The summed E-state index contributed by atoms with van der Waals surface area (Å²) in [7, 11) is 2.42. The fraction of sp³-hybridized carbons (Fsp3) is 0.280. The van der Waals surface area contributed by atoms with Crippen LogP contribution in [0, 0.1) is 0 Å². The Hall–Kier alpha value is -1.70. The Morgan fingerprint density at radius 1 is 0.531 bits per heavy atom. The number of aromatic nitrogens is 2. The van der Waals surface area contributed by atoms with Gasteiger partial charge >= 0.3 is 0 Å². The number of hydrogen-bond donors (Lipinski definition) is 2. The second-order valence-corrected chi connectivity index (χ2v) is 4.70. The zero-order chi connectivity index (χ0) is 23.4. The first-order valence-corrected chi connectivity index (χ1v) is 11.5. The molecule has 0 saturated heterocycles. The molecular weight excluding hydrogens is 509 g/mol. The zero-order valence-corrected chi connectivity index (χ0v) is 23.2. The minimum Gasteiger partial charge on any atom is -0.506 e. The number of aromatic hydroxyl groups is 2. The van der Waals surface area contributed by atoms with Gasteiger partial charge in [0.05, 0.1) is 0 Å². The van der Waals surface area contributed by atoms with Crippen molar-refractivity contribution < 1.29 is 43.8 Å². The summed E-state index contributed by atoms with van der Waals surface area (Å²) in [6, 6.07) is 18.3. The first kappa shape index (κ1) is 37.6. The van der Waals surface area contributed by atoms with Crippen LogP contribution in [0.2, 0.25) is 0 Å². The van der Waals surface area contributed by atoms with E-state index in [1.54, 1.807) is 36.7 Å². The first-order chi connectivity index (χ1) is 14.8. The van der Waals surface area contributed by atoms with Crippen molar-refractivity contribution in [3.63, 3.8) is 0 Å². The number of pyridine rings is 2. The third-order valence-corrected chi connectivity index (χ3v) is 3.22. The van der Waals surface area contributed by atoms with E-state index in [4.69, 9.17) is 0 Å². The Kier molecular flexibility index (Phi) is 30.0. The quantitative estimate of drug-likeness (QED) is 0.225. The molecule has 0 bridgehead atoms. The maximum absolute atomic E-state index is 9.31. The largest absolute Gasteiger partial charge is 0.506 e. The molecule has 2 aromatic carbocycles. The molecule has 2 N–H and O–H groups in total. The summed E-state index contributed by atoms with van der Waals surface area (Å²) < 4.78 is 0. The van der Waals surface area contributed by atoms with Gasteiger partial charge in [0, 0.05) is 56.7 Å². The predicted octanol–water partition coefficient (Wildman–Crippen LogP) is 7.45. The molecule has 4 rings (SSSR count). The Morgan fingerprint density at radius 2 is 0.812 bits per heavy atom. The van der Waals surface area contributed by atoms with Crippen molar-refractivity contribution >= 4 is 31.0 Å². The van der Waals surface area contributed by atoms with Gasteiger partial charge in [-0.05, 0) is 24.3 Å². The van der Waals surface area contributed by atoms with Crippen molar-refractivity contribution in [2.24, 2.45) is 0 Å². The summed E-state index contributed by atoms with van der Waals surface area (Å²) in [6.07, 6.45) is 3.34. The van der Waals surface area contributed by atoms with Gasteiger partial charge in [-0.3, -0.25) is 9.97 Å². The van der Waals surface area contributed by atoms with Crippen LogP contribution in [0.15, 0.2) is 73.1 Å². The molecule has 0 aliphatic rings. The van der Waals surface area contributed by atoms with Gasteiger partial charge in [0.1, 0.15) is 22.5 Å². The summed E-state index contributed by atoms with van der Waals surface area (Å²) in [4.78, 5) is 8.06. The van der Waals surface area contributed by atoms with Crippen molar-refractivity contribution in [2.75, 3.05) is 6.66 Å². The molecule has 0 aliphatic carbocycles. The average molecular weight is 546 g/mol. The number of hydrogen-bond acceptors (Lipinski definition) is 4. The summed E-state index contributed by atoms with van der Waals surface area (Å²) in [6.45, 7) is 13.9. The molecule has 0 amide bonds. The molecule has 0 saturated carbocycles. The molecule has 2 radical (unpaired) electrons. The predicted molar refractivity (Wildman–Crippen MR) is 136 cm³/mol. The summed E-state index contributed by atoms with van der Waals surface area (Å²) in [5.74, 6) is 0.478. The van der Waals surface area contributed by atoms with Crippen molar-refractivity contribution in [1.82, 2.24) is 9.97 Å².